The van der Waals surface area contributed by atoms with E-state index in [2.05, 4.69) is 5.32 Å². The maximum atomic E-state index is 12.7. The highest BCUT2D eigenvalue weighted by Crippen LogP contribution is 2.33. The lowest BCUT2D eigenvalue weighted by atomic mass is 9.89. The molecule has 0 aliphatic heterocycles. The van der Waals surface area contributed by atoms with Crippen LogP contribution in [-0.4, -0.2) is 11.6 Å². The molecule has 0 fully saturated rings. The van der Waals surface area contributed by atoms with Crippen LogP contribution in [0.4, 0.5) is 11.6 Å². The summed E-state index contributed by atoms with van der Waals surface area (Å²) < 4.78 is 5.68. The van der Waals surface area contributed by atoms with Crippen LogP contribution >= 0.6 is 0 Å². The predicted molar refractivity (Wildman–Crippen MR) is 99.2 cm³/mol. The van der Waals surface area contributed by atoms with E-state index in [0.717, 1.165) is 16.5 Å². The second-order valence-corrected chi connectivity index (χ2v) is 6.24. The summed E-state index contributed by atoms with van der Waals surface area (Å²) in [5, 5.41) is 5.38. The number of fused-ring (bicyclic) bond motifs is 3. The second-order valence-electron chi connectivity index (χ2n) is 6.24. The summed E-state index contributed by atoms with van der Waals surface area (Å²) in [5.74, 6) is 0.0176. The first-order chi connectivity index (χ1) is 12.7. The molecule has 1 aromatic heterocycles. The van der Waals surface area contributed by atoms with Crippen LogP contribution in [0.3, 0.4) is 0 Å². The third-order valence-corrected chi connectivity index (χ3v) is 4.62. The molecule has 26 heavy (non-hydrogen) atoms. The molecular formula is C22H13NO3. The fourth-order valence-corrected chi connectivity index (χ4v) is 3.35. The number of benzene rings is 3. The van der Waals surface area contributed by atoms with Gasteiger partial charge in [0.2, 0.25) is 5.78 Å². The van der Waals surface area contributed by atoms with Crippen molar-refractivity contribution < 1.29 is 14.0 Å². The highest BCUT2D eigenvalue weighted by Gasteiger charge is 2.33. The molecule has 0 amide bonds. The zero-order valence-corrected chi connectivity index (χ0v) is 13.7. The summed E-state index contributed by atoms with van der Waals surface area (Å²) in [6, 6.07) is 22.4. The van der Waals surface area contributed by atoms with E-state index in [1.165, 1.54) is 0 Å². The standard InChI is InChI=1S/C22H13NO3/c24-20-16-7-3-4-8-17(16)21(25)22-18(20)12-19(26-22)23-15-10-9-13-5-1-2-6-14(13)11-15/h1-12,23H. The summed E-state index contributed by atoms with van der Waals surface area (Å²) in [5.41, 5.74) is 1.93. The molecule has 5 rings (SSSR count). The normalized spacial score (nSPS) is 12.8. The molecule has 1 heterocycles. The van der Waals surface area contributed by atoms with Crippen molar-refractivity contribution in [2.24, 2.45) is 0 Å². The Morgan fingerprint density at radius 2 is 1.35 bits per heavy atom. The maximum Gasteiger partial charge on any atom is 0.229 e. The summed E-state index contributed by atoms with van der Waals surface area (Å²) >= 11 is 0. The average molecular weight is 339 g/mol. The number of hydrogen-bond donors (Lipinski definition) is 1. The Hall–Kier alpha value is -3.66. The van der Waals surface area contributed by atoms with Crippen LogP contribution in [-0.2, 0) is 0 Å². The number of carbonyl (C=O) groups excluding carboxylic acids is 2. The monoisotopic (exact) mass is 339 g/mol. The molecule has 0 spiro atoms. The molecule has 4 nitrogen and oxygen atoms in total. The second kappa shape index (κ2) is 5.43. The number of ketones is 2. The molecule has 4 heteroatoms. The zero-order chi connectivity index (χ0) is 17.7. The van der Waals surface area contributed by atoms with Crippen LogP contribution in [0.5, 0.6) is 0 Å². The van der Waals surface area contributed by atoms with Gasteiger partial charge in [0.25, 0.3) is 0 Å². The quantitative estimate of drug-likeness (QED) is 0.494. The lowest BCUT2D eigenvalue weighted by Gasteiger charge is -2.11. The topological polar surface area (TPSA) is 59.3 Å². The van der Waals surface area contributed by atoms with Crippen LogP contribution in [0.1, 0.15) is 32.0 Å². The van der Waals surface area contributed by atoms with E-state index in [1.807, 2.05) is 42.5 Å². The first-order valence-electron chi connectivity index (χ1n) is 8.29. The summed E-state index contributed by atoms with van der Waals surface area (Å²) in [4.78, 5) is 25.3. The van der Waals surface area contributed by atoms with Gasteiger partial charge in [-0.25, -0.2) is 0 Å². The van der Waals surface area contributed by atoms with Crippen LogP contribution in [0.15, 0.2) is 77.2 Å². The van der Waals surface area contributed by atoms with Gasteiger partial charge in [-0.2, -0.15) is 0 Å². The Morgan fingerprint density at radius 1 is 0.654 bits per heavy atom. The van der Waals surface area contributed by atoms with Crippen LogP contribution < -0.4 is 5.32 Å². The number of carbonyl (C=O) groups is 2. The molecule has 1 aliphatic rings. The maximum absolute atomic E-state index is 12.7. The van der Waals surface area contributed by atoms with E-state index >= 15 is 0 Å². The molecule has 1 aliphatic carbocycles. The minimum atomic E-state index is -0.262. The summed E-state index contributed by atoms with van der Waals surface area (Å²) in [6.07, 6.45) is 0. The van der Waals surface area contributed by atoms with Gasteiger partial charge in [0.05, 0.1) is 5.56 Å². The minimum absolute atomic E-state index is 0.0944. The van der Waals surface area contributed by atoms with Gasteiger partial charge in [-0.3, -0.25) is 9.59 Å². The van der Waals surface area contributed by atoms with E-state index < -0.39 is 0 Å². The number of anilines is 2. The Balaban J connectivity index is 1.54. The largest absolute Gasteiger partial charge is 0.436 e. The fraction of sp³-hybridized carbons (Fsp3) is 0. The predicted octanol–water partition coefficient (Wildman–Crippen LogP) is 4.95. The highest BCUT2D eigenvalue weighted by molar-refractivity contribution is 6.27. The third kappa shape index (κ3) is 2.16. The van der Waals surface area contributed by atoms with Gasteiger partial charge >= 0.3 is 0 Å². The van der Waals surface area contributed by atoms with Crippen molar-refractivity contribution >= 4 is 33.9 Å². The number of hydrogen-bond acceptors (Lipinski definition) is 4. The van der Waals surface area contributed by atoms with Gasteiger partial charge in [0.15, 0.2) is 17.4 Å². The van der Waals surface area contributed by atoms with Gasteiger partial charge in [-0.05, 0) is 22.9 Å². The van der Waals surface area contributed by atoms with Crippen LogP contribution in [0.25, 0.3) is 10.8 Å². The van der Waals surface area contributed by atoms with Gasteiger partial charge in [0.1, 0.15) is 0 Å². The highest BCUT2D eigenvalue weighted by atomic mass is 16.4. The van der Waals surface area contributed by atoms with Crippen molar-refractivity contribution in [2.75, 3.05) is 5.32 Å². The van der Waals surface area contributed by atoms with Gasteiger partial charge in [0, 0.05) is 22.9 Å². The Bertz CT molecular complexity index is 1150. The van der Waals surface area contributed by atoms with Crippen molar-refractivity contribution in [3.63, 3.8) is 0 Å². The van der Waals surface area contributed by atoms with E-state index in [9.17, 15) is 9.59 Å². The number of nitrogens with one attached hydrogen (secondary N) is 1. The number of furan rings is 1. The van der Waals surface area contributed by atoms with Crippen molar-refractivity contribution in [3.8, 4) is 0 Å². The smallest absolute Gasteiger partial charge is 0.229 e. The molecular weight excluding hydrogens is 326 g/mol. The van der Waals surface area contributed by atoms with Crippen molar-refractivity contribution in [2.45, 2.75) is 0 Å². The van der Waals surface area contributed by atoms with Crippen molar-refractivity contribution in [3.05, 3.63) is 95.2 Å². The molecule has 0 radical (unpaired) electrons. The first kappa shape index (κ1) is 14.7. The van der Waals surface area contributed by atoms with E-state index in [4.69, 9.17) is 4.42 Å². The molecule has 1 N–H and O–H groups in total. The first-order valence-corrected chi connectivity index (χ1v) is 8.29. The van der Waals surface area contributed by atoms with Crippen molar-refractivity contribution in [1.82, 2.24) is 0 Å². The minimum Gasteiger partial charge on any atom is -0.436 e. The van der Waals surface area contributed by atoms with Crippen LogP contribution in [0, 0.1) is 0 Å². The Kier molecular flexibility index (Phi) is 3.06. The van der Waals surface area contributed by atoms with Gasteiger partial charge in [-0.1, -0.05) is 54.6 Å². The van der Waals surface area contributed by atoms with E-state index in [-0.39, 0.29) is 17.3 Å². The molecule has 0 saturated carbocycles. The zero-order valence-electron chi connectivity index (χ0n) is 13.7. The van der Waals surface area contributed by atoms with Crippen LogP contribution in [0.2, 0.25) is 0 Å². The molecule has 3 aromatic carbocycles. The average Bonchev–Trinajstić information content (AvgIpc) is 3.10. The Labute approximate surface area is 149 Å². The summed E-state index contributed by atoms with van der Waals surface area (Å²) in [7, 11) is 0. The van der Waals surface area contributed by atoms with E-state index in [1.54, 1.807) is 30.3 Å². The number of rotatable bonds is 2. The SMILES string of the molecule is O=C1c2ccccc2C(=O)c2oc(Nc3ccc4ccccc4c3)cc21. The molecule has 0 atom stereocenters. The molecule has 124 valence electrons. The molecule has 0 bridgehead atoms. The Morgan fingerprint density at radius 3 is 2.15 bits per heavy atom. The summed E-state index contributed by atoms with van der Waals surface area (Å²) in [6.45, 7) is 0. The van der Waals surface area contributed by atoms with Crippen molar-refractivity contribution in [1.29, 1.82) is 0 Å². The van der Waals surface area contributed by atoms with E-state index in [0.29, 0.717) is 22.6 Å². The molecule has 4 aromatic rings. The fourth-order valence-electron chi connectivity index (χ4n) is 3.35. The lowest BCUT2D eigenvalue weighted by Crippen LogP contribution is -2.18. The molecule has 0 saturated heterocycles. The third-order valence-electron chi connectivity index (χ3n) is 4.62. The molecule has 0 unspecified atom stereocenters. The van der Waals surface area contributed by atoms with Gasteiger partial charge in [-0.15, -0.1) is 0 Å². The van der Waals surface area contributed by atoms with Gasteiger partial charge < -0.3 is 9.73 Å². The lowest BCUT2D eigenvalue weighted by molar-refractivity contribution is 0.0961.